The molecule has 0 amide bonds. The molecular formula is C12H25N3. The standard InChI is InChI=1S/C12H25N3/c1-4-7-14-12(13)15-8-5-11(6-9-15)10(2)3/h10-11H,4-9H2,1-3H3,(H2,13,14). The molecule has 0 aliphatic carbocycles. The predicted octanol–water partition coefficient (Wildman–Crippen LogP) is 2.08. The molecule has 0 atom stereocenters. The van der Waals surface area contributed by atoms with Gasteiger partial charge in [0.1, 0.15) is 0 Å². The highest BCUT2D eigenvalue weighted by atomic mass is 15.3. The molecule has 0 aromatic heterocycles. The van der Waals surface area contributed by atoms with Crippen molar-refractivity contribution >= 4 is 5.96 Å². The third kappa shape index (κ3) is 3.73. The van der Waals surface area contributed by atoms with Crippen molar-refractivity contribution < 1.29 is 0 Å². The van der Waals surface area contributed by atoms with Gasteiger partial charge >= 0.3 is 0 Å². The molecular weight excluding hydrogens is 186 g/mol. The third-order valence-corrected chi connectivity index (χ3v) is 3.30. The number of hydrogen-bond donors (Lipinski definition) is 1. The van der Waals surface area contributed by atoms with Gasteiger partial charge in [-0.05, 0) is 31.1 Å². The minimum atomic E-state index is 0.749. The van der Waals surface area contributed by atoms with E-state index in [2.05, 4.69) is 30.7 Å². The van der Waals surface area contributed by atoms with Crippen molar-refractivity contribution in [1.29, 1.82) is 0 Å². The monoisotopic (exact) mass is 211 g/mol. The summed E-state index contributed by atoms with van der Waals surface area (Å²) in [6, 6.07) is 0. The van der Waals surface area contributed by atoms with Crippen LogP contribution >= 0.6 is 0 Å². The first-order chi connectivity index (χ1) is 7.15. The lowest BCUT2D eigenvalue weighted by Gasteiger charge is -2.34. The summed E-state index contributed by atoms with van der Waals surface area (Å²) in [5, 5.41) is 0. The lowest BCUT2D eigenvalue weighted by atomic mass is 9.87. The van der Waals surface area contributed by atoms with Gasteiger partial charge < -0.3 is 10.6 Å². The molecule has 0 saturated carbocycles. The van der Waals surface area contributed by atoms with E-state index in [1.165, 1.54) is 12.8 Å². The smallest absolute Gasteiger partial charge is 0.191 e. The Morgan fingerprint density at radius 3 is 2.47 bits per heavy atom. The molecule has 1 saturated heterocycles. The molecule has 0 unspecified atom stereocenters. The van der Waals surface area contributed by atoms with Crippen molar-refractivity contribution in [2.45, 2.75) is 40.0 Å². The average molecular weight is 211 g/mol. The lowest BCUT2D eigenvalue weighted by molar-refractivity contribution is 0.218. The summed E-state index contributed by atoms with van der Waals surface area (Å²) in [5.41, 5.74) is 5.93. The summed E-state index contributed by atoms with van der Waals surface area (Å²) in [6.45, 7) is 9.78. The molecule has 0 radical (unpaired) electrons. The minimum absolute atomic E-state index is 0.749. The maximum absolute atomic E-state index is 5.93. The highest BCUT2D eigenvalue weighted by Crippen LogP contribution is 2.24. The van der Waals surface area contributed by atoms with E-state index in [1.54, 1.807) is 0 Å². The van der Waals surface area contributed by atoms with E-state index in [1.807, 2.05) is 0 Å². The van der Waals surface area contributed by atoms with Gasteiger partial charge in [-0.15, -0.1) is 0 Å². The van der Waals surface area contributed by atoms with Crippen LogP contribution in [0.4, 0.5) is 0 Å². The number of nitrogens with two attached hydrogens (primary N) is 1. The highest BCUT2D eigenvalue weighted by Gasteiger charge is 2.22. The summed E-state index contributed by atoms with van der Waals surface area (Å²) in [5.74, 6) is 2.43. The Morgan fingerprint density at radius 1 is 1.40 bits per heavy atom. The molecule has 15 heavy (non-hydrogen) atoms. The summed E-state index contributed by atoms with van der Waals surface area (Å²) in [7, 11) is 0. The summed E-state index contributed by atoms with van der Waals surface area (Å²) >= 11 is 0. The highest BCUT2D eigenvalue weighted by molar-refractivity contribution is 5.78. The van der Waals surface area contributed by atoms with Crippen LogP contribution in [0.5, 0.6) is 0 Å². The van der Waals surface area contributed by atoms with Gasteiger partial charge in [-0.3, -0.25) is 4.99 Å². The zero-order valence-electron chi connectivity index (χ0n) is 10.4. The normalized spacial score (nSPS) is 20.0. The van der Waals surface area contributed by atoms with Crippen LogP contribution in [-0.4, -0.2) is 30.5 Å². The summed E-state index contributed by atoms with van der Waals surface area (Å²) < 4.78 is 0. The zero-order valence-corrected chi connectivity index (χ0v) is 10.4. The van der Waals surface area contributed by atoms with Gasteiger partial charge in [-0.2, -0.15) is 0 Å². The van der Waals surface area contributed by atoms with E-state index in [0.29, 0.717) is 0 Å². The Bertz CT molecular complexity index is 203. The molecule has 2 N–H and O–H groups in total. The van der Waals surface area contributed by atoms with E-state index in [-0.39, 0.29) is 0 Å². The fraction of sp³-hybridized carbons (Fsp3) is 0.917. The Balaban J connectivity index is 2.36. The van der Waals surface area contributed by atoms with Crippen LogP contribution < -0.4 is 5.73 Å². The Labute approximate surface area is 93.7 Å². The van der Waals surface area contributed by atoms with Crippen molar-refractivity contribution in [3.63, 3.8) is 0 Å². The van der Waals surface area contributed by atoms with Crippen LogP contribution in [-0.2, 0) is 0 Å². The third-order valence-electron chi connectivity index (χ3n) is 3.30. The lowest BCUT2D eigenvalue weighted by Crippen LogP contribution is -2.43. The second-order valence-electron chi connectivity index (χ2n) is 4.81. The van der Waals surface area contributed by atoms with Crippen molar-refractivity contribution in [2.24, 2.45) is 22.6 Å². The number of piperidine rings is 1. The minimum Gasteiger partial charge on any atom is -0.370 e. The predicted molar refractivity (Wildman–Crippen MR) is 65.9 cm³/mol. The van der Waals surface area contributed by atoms with E-state index in [4.69, 9.17) is 5.73 Å². The first-order valence-corrected chi connectivity index (χ1v) is 6.20. The van der Waals surface area contributed by atoms with E-state index in [9.17, 15) is 0 Å². The molecule has 0 bridgehead atoms. The van der Waals surface area contributed by atoms with Crippen LogP contribution in [0.3, 0.4) is 0 Å². The fourth-order valence-corrected chi connectivity index (χ4v) is 2.12. The Morgan fingerprint density at radius 2 is 2.00 bits per heavy atom. The number of rotatable bonds is 3. The van der Waals surface area contributed by atoms with Gasteiger partial charge in [0.05, 0.1) is 0 Å². The van der Waals surface area contributed by atoms with Crippen LogP contribution in [0.1, 0.15) is 40.0 Å². The second-order valence-corrected chi connectivity index (χ2v) is 4.81. The number of guanidine groups is 1. The average Bonchev–Trinajstić information content (AvgIpc) is 2.26. The molecule has 1 fully saturated rings. The molecule has 88 valence electrons. The largest absolute Gasteiger partial charge is 0.370 e. The molecule has 1 aliphatic heterocycles. The maximum atomic E-state index is 5.93. The summed E-state index contributed by atoms with van der Waals surface area (Å²) in [6.07, 6.45) is 3.60. The fourth-order valence-electron chi connectivity index (χ4n) is 2.12. The first-order valence-electron chi connectivity index (χ1n) is 6.20. The molecule has 1 rings (SSSR count). The van der Waals surface area contributed by atoms with Gasteiger partial charge in [0.15, 0.2) is 5.96 Å². The van der Waals surface area contributed by atoms with Gasteiger partial charge in [0.25, 0.3) is 0 Å². The molecule has 0 aromatic carbocycles. The second kappa shape index (κ2) is 5.99. The molecule has 1 aliphatic rings. The number of nitrogens with zero attached hydrogens (tertiary/aromatic N) is 2. The molecule has 3 heteroatoms. The molecule has 3 nitrogen and oxygen atoms in total. The van der Waals surface area contributed by atoms with Gasteiger partial charge in [0.2, 0.25) is 0 Å². The quantitative estimate of drug-likeness (QED) is 0.573. The van der Waals surface area contributed by atoms with Crippen molar-refractivity contribution in [1.82, 2.24) is 4.90 Å². The van der Waals surface area contributed by atoms with Gasteiger partial charge in [-0.1, -0.05) is 20.8 Å². The van der Waals surface area contributed by atoms with Gasteiger partial charge in [0, 0.05) is 19.6 Å². The Kier molecular flexibility index (Phi) is 4.92. The van der Waals surface area contributed by atoms with Crippen molar-refractivity contribution in [3.05, 3.63) is 0 Å². The van der Waals surface area contributed by atoms with Crippen molar-refractivity contribution in [2.75, 3.05) is 19.6 Å². The number of aliphatic imine (C=N–C) groups is 1. The van der Waals surface area contributed by atoms with E-state index < -0.39 is 0 Å². The number of hydrogen-bond acceptors (Lipinski definition) is 1. The first kappa shape index (κ1) is 12.3. The molecule has 0 spiro atoms. The zero-order chi connectivity index (χ0) is 11.3. The van der Waals surface area contributed by atoms with Crippen LogP contribution in [0.15, 0.2) is 4.99 Å². The SMILES string of the molecule is CCCN=C(N)N1CCC(C(C)C)CC1. The van der Waals surface area contributed by atoms with Crippen LogP contribution in [0, 0.1) is 11.8 Å². The van der Waals surface area contributed by atoms with Crippen molar-refractivity contribution in [3.8, 4) is 0 Å². The molecule has 0 aromatic rings. The topological polar surface area (TPSA) is 41.6 Å². The number of likely N-dealkylation sites (tertiary alicyclic amines) is 1. The van der Waals surface area contributed by atoms with E-state index in [0.717, 1.165) is 43.9 Å². The Hall–Kier alpha value is -0.730. The van der Waals surface area contributed by atoms with Crippen LogP contribution in [0.2, 0.25) is 0 Å². The maximum Gasteiger partial charge on any atom is 0.191 e. The van der Waals surface area contributed by atoms with Crippen LogP contribution in [0.25, 0.3) is 0 Å². The summed E-state index contributed by atoms with van der Waals surface area (Å²) in [4.78, 5) is 6.59. The molecule has 1 heterocycles. The van der Waals surface area contributed by atoms with Gasteiger partial charge in [-0.25, -0.2) is 0 Å². The van der Waals surface area contributed by atoms with E-state index >= 15 is 0 Å².